The molecule has 0 spiro atoms. The number of aliphatic hydroxyl groups is 1. The van der Waals surface area contributed by atoms with E-state index in [1.165, 1.54) is 0 Å². The predicted molar refractivity (Wildman–Crippen MR) is 97.4 cm³/mol. The van der Waals surface area contributed by atoms with Crippen molar-refractivity contribution in [3.8, 4) is 11.3 Å². The number of hydrogen-bond acceptors (Lipinski definition) is 4. The lowest BCUT2D eigenvalue weighted by atomic mass is 10.0. The second-order valence-corrected chi connectivity index (χ2v) is 6.62. The molecule has 0 atom stereocenters. The van der Waals surface area contributed by atoms with E-state index in [9.17, 15) is 9.90 Å². The van der Waals surface area contributed by atoms with Gasteiger partial charge in [-0.05, 0) is 42.5 Å². The third-order valence-electron chi connectivity index (χ3n) is 4.45. The van der Waals surface area contributed by atoms with Crippen molar-refractivity contribution in [1.82, 2.24) is 14.8 Å². The maximum Gasteiger partial charge on any atom is 0.276 e. The molecule has 25 heavy (non-hydrogen) atoms. The van der Waals surface area contributed by atoms with Crippen molar-refractivity contribution in [2.75, 3.05) is 0 Å². The highest BCUT2D eigenvalue weighted by molar-refractivity contribution is 5.90. The minimum absolute atomic E-state index is 0.0846. The van der Waals surface area contributed by atoms with E-state index in [0.29, 0.717) is 35.5 Å². The summed E-state index contributed by atoms with van der Waals surface area (Å²) in [5, 5.41) is 14.7. The first-order valence-corrected chi connectivity index (χ1v) is 8.44. The number of pyridine rings is 1. The Morgan fingerprint density at radius 1 is 1.28 bits per heavy atom. The van der Waals surface area contributed by atoms with Crippen molar-refractivity contribution in [3.05, 3.63) is 70.9 Å². The fourth-order valence-electron chi connectivity index (χ4n) is 3.05. The van der Waals surface area contributed by atoms with Gasteiger partial charge >= 0.3 is 0 Å². The third-order valence-corrected chi connectivity index (χ3v) is 4.45. The lowest BCUT2D eigenvalue weighted by molar-refractivity contribution is 0.401. The summed E-state index contributed by atoms with van der Waals surface area (Å²) < 4.78 is 1.58. The Balaban J connectivity index is 1.89. The van der Waals surface area contributed by atoms with E-state index < -0.39 is 0 Å². The van der Waals surface area contributed by atoms with Gasteiger partial charge in [-0.15, -0.1) is 0 Å². The molecule has 0 unspecified atom stereocenters. The number of rotatable bonds is 5. The van der Waals surface area contributed by atoms with Crippen LogP contribution in [-0.4, -0.2) is 19.9 Å². The van der Waals surface area contributed by atoms with Crippen LogP contribution < -0.4 is 5.56 Å². The maximum atomic E-state index is 12.7. The van der Waals surface area contributed by atoms with Gasteiger partial charge in [0.05, 0.1) is 11.1 Å². The molecule has 3 aromatic rings. The summed E-state index contributed by atoms with van der Waals surface area (Å²) in [6.07, 6.45) is 4.38. The molecule has 126 valence electrons. The molecule has 0 radical (unpaired) electrons. The number of nitrogens with zero attached hydrogens (tertiary/aromatic N) is 3. The molecule has 1 aromatic carbocycles. The SMILES string of the molecule is C=C(O)Cc1cccc(-c2nn(CC3CC3)c(=O)c3cccnc23)c1. The molecule has 2 aromatic heterocycles. The summed E-state index contributed by atoms with van der Waals surface area (Å²) in [6.45, 7) is 4.21. The lowest BCUT2D eigenvalue weighted by Crippen LogP contribution is -2.25. The molecule has 1 aliphatic rings. The van der Waals surface area contributed by atoms with Crippen LogP contribution in [-0.2, 0) is 13.0 Å². The van der Waals surface area contributed by atoms with Gasteiger partial charge < -0.3 is 5.11 Å². The summed E-state index contributed by atoms with van der Waals surface area (Å²) >= 11 is 0. The van der Waals surface area contributed by atoms with E-state index in [1.807, 2.05) is 24.3 Å². The average molecular weight is 333 g/mol. The molecule has 0 amide bonds. The van der Waals surface area contributed by atoms with Gasteiger partial charge in [-0.2, -0.15) is 5.10 Å². The van der Waals surface area contributed by atoms with Crippen LogP contribution in [0.5, 0.6) is 0 Å². The fraction of sp³-hybridized carbons (Fsp3) is 0.250. The van der Waals surface area contributed by atoms with Crippen molar-refractivity contribution < 1.29 is 5.11 Å². The normalized spacial score (nSPS) is 13.9. The molecular formula is C20H19N3O2. The van der Waals surface area contributed by atoms with Crippen LogP contribution in [0, 0.1) is 5.92 Å². The Labute approximate surface area is 145 Å². The number of aliphatic hydroxyl groups excluding tert-OH is 1. The first-order valence-electron chi connectivity index (χ1n) is 8.44. The highest BCUT2D eigenvalue weighted by Gasteiger charge is 2.24. The summed E-state index contributed by atoms with van der Waals surface area (Å²) in [5.41, 5.74) is 3.04. The molecular weight excluding hydrogens is 314 g/mol. The Kier molecular flexibility index (Phi) is 3.84. The Morgan fingerprint density at radius 3 is 2.88 bits per heavy atom. The first kappa shape index (κ1) is 15.6. The molecule has 1 saturated carbocycles. The number of aromatic nitrogens is 3. The summed E-state index contributed by atoms with van der Waals surface area (Å²) in [5.74, 6) is 0.669. The van der Waals surface area contributed by atoms with Gasteiger partial charge in [-0.1, -0.05) is 24.8 Å². The minimum atomic E-state index is -0.0846. The van der Waals surface area contributed by atoms with E-state index in [0.717, 1.165) is 24.0 Å². The molecule has 5 heteroatoms. The first-order chi connectivity index (χ1) is 12.1. The van der Waals surface area contributed by atoms with Crippen molar-refractivity contribution in [1.29, 1.82) is 0 Å². The second-order valence-electron chi connectivity index (χ2n) is 6.62. The third kappa shape index (κ3) is 3.18. The highest BCUT2D eigenvalue weighted by Crippen LogP contribution is 2.31. The van der Waals surface area contributed by atoms with Crippen LogP contribution in [0.2, 0.25) is 0 Å². The topological polar surface area (TPSA) is 68.0 Å². The summed E-state index contributed by atoms with van der Waals surface area (Å²) in [7, 11) is 0. The van der Waals surface area contributed by atoms with Gasteiger partial charge in [0.25, 0.3) is 5.56 Å². The van der Waals surface area contributed by atoms with Gasteiger partial charge in [0.2, 0.25) is 0 Å². The highest BCUT2D eigenvalue weighted by atomic mass is 16.3. The maximum absolute atomic E-state index is 12.7. The Morgan fingerprint density at radius 2 is 2.12 bits per heavy atom. The van der Waals surface area contributed by atoms with Crippen LogP contribution in [0.4, 0.5) is 0 Å². The number of allylic oxidation sites excluding steroid dienone is 1. The quantitative estimate of drug-likeness (QED) is 0.726. The van der Waals surface area contributed by atoms with Crippen molar-refractivity contribution in [3.63, 3.8) is 0 Å². The van der Waals surface area contributed by atoms with Crippen LogP contribution in [0.25, 0.3) is 22.2 Å². The van der Waals surface area contributed by atoms with Gasteiger partial charge in [0, 0.05) is 24.7 Å². The minimum Gasteiger partial charge on any atom is -0.513 e. The van der Waals surface area contributed by atoms with E-state index >= 15 is 0 Å². The molecule has 0 bridgehead atoms. The van der Waals surface area contributed by atoms with Crippen molar-refractivity contribution in [2.45, 2.75) is 25.8 Å². The molecule has 1 fully saturated rings. The number of benzene rings is 1. The standard InChI is InChI=1S/C20H19N3O2/c1-13(24)10-15-4-2-5-16(11-15)18-19-17(6-3-9-21-19)20(25)23(22-18)12-14-7-8-14/h2-6,9,11,14,24H,1,7-8,10,12H2. The fourth-order valence-corrected chi connectivity index (χ4v) is 3.05. The summed E-state index contributed by atoms with van der Waals surface area (Å²) in [4.78, 5) is 17.1. The lowest BCUT2D eigenvalue weighted by Gasteiger charge is -2.11. The molecule has 0 aliphatic heterocycles. The summed E-state index contributed by atoms with van der Waals surface area (Å²) in [6, 6.07) is 11.3. The smallest absolute Gasteiger partial charge is 0.276 e. The average Bonchev–Trinajstić information content (AvgIpc) is 3.41. The van der Waals surface area contributed by atoms with Crippen molar-refractivity contribution >= 4 is 10.9 Å². The molecule has 2 heterocycles. The number of fused-ring (bicyclic) bond motifs is 1. The van der Waals surface area contributed by atoms with E-state index in [-0.39, 0.29) is 11.3 Å². The van der Waals surface area contributed by atoms with Crippen LogP contribution in [0.15, 0.2) is 59.7 Å². The van der Waals surface area contributed by atoms with Crippen LogP contribution in [0.3, 0.4) is 0 Å². The monoisotopic (exact) mass is 333 g/mol. The van der Waals surface area contributed by atoms with E-state index in [2.05, 4.69) is 16.7 Å². The van der Waals surface area contributed by atoms with Crippen molar-refractivity contribution in [2.24, 2.45) is 5.92 Å². The zero-order valence-corrected chi connectivity index (χ0v) is 13.9. The van der Waals surface area contributed by atoms with Gasteiger partial charge in [0.1, 0.15) is 11.2 Å². The van der Waals surface area contributed by atoms with Crippen LogP contribution >= 0.6 is 0 Å². The van der Waals surface area contributed by atoms with Gasteiger partial charge in [-0.25, -0.2) is 4.68 Å². The molecule has 1 N–H and O–H groups in total. The zero-order valence-electron chi connectivity index (χ0n) is 13.9. The second kappa shape index (κ2) is 6.16. The van der Waals surface area contributed by atoms with Crippen LogP contribution in [0.1, 0.15) is 18.4 Å². The molecule has 4 rings (SSSR count). The predicted octanol–water partition coefficient (Wildman–Crippen LogP) is 3.48. The van der Waals surface area contributed by atoms with E-state index in [4.69, 9.17) is 0 Å². The van der Waals surface area contributed by atoms with Gasteiger partial charge in [0.15, 0.2) is 0 Å². The Hall–Kier alpha value is -2.95. The van der Waals surface area contributed by atoms with E-state index in [1.54, 1.807) is 23.0 Å². The zero-order chi connectivity index (χ0) is 17.4. The Bertz CT molecular complexity index is 1020. The molecule has 1 aliphatic carbocycles. The number of hydrogen-bond donors (Lipinski definition) is 1. The molecule has 0 saturated heterocycles. The largest absolute Gasteiger partial charge is 0.513 e. The molecule has 5 nitrogen and oxygen atoms in total. The van der Waals surface area contributed by atoms with Gasteiger partial charge in [-0.3, -0.25) is 9.78 Å².